The van der Waals surface area contributed by atoms with Crippen LogP contribution in [0.5, 0.6) is 0 Å². The zero-order valence-electron chi connectivity index (χ0n) is 13.6. The van der Waals surface area contributed by atoms with Crippen LogP contribution in [0.1, 0.15) is 33.2 Å². The number of esters is 1. The number of para-hydroxylation sites is 1. The van der Waals surface area contributed by atoms with Gasteiger partial charge in [0, 0.05) is 22.7 Å². The van der Waals surface area contributed by atoms with Gasteiger partial charge in [0.05, 0.1) is 11.1 Å². The minimum Gasteiger partial charge on any atom is -0.451 e. The molecule has 0 radical (unpaired) electrons. The predicted molar refractivity (Wildman–Crippen MR) is 89.0 cm³/mol. The Balaban J connectivity index is 1.73. The van der Waals surface area contributed by atoms with Crippen molar-refractivity contribution in [2.45, 2.75) is 19.2 Å². The van der Waals surface area contributed by atoms with E-state index in [0.717, 1.165) is 29.8 Å². The maximum atomic E-state index is 12.6. The molecule has 0 aliphatic carbocycles. The number of fused-ring (bicyclic) bond motifs is 1. The highest BCUT2D eigenvalue weighted by atomic mass is 19.4. The Morgan fingerprint density at radius 3 is 2.35 bits per heavy atom. The summed E-state index contributed by atoms with van der Waals surface area (Å²) in [5.41, 5.74) is 0.235. The van der Waals surface area contributed by atoms with Crippen molar-refractivity contribution in [2.24, 2.45) is 0 Å². The molecule has 0 aliphatic heterocycles. The summed E-state index contributed by atoms with van der Waals surface area (Å²) in [6, 6.07) is 10.8. The summed E-state index contributed by atoms with van der Waals surface area (Å²) >= 11 is 0. The van der Waals surface area contributed by atoms with Gasteiger partial charge in [-0.05, 0) is 37.3 Å². The molecule has 0 saturated heterocycles. The second-order valence-electron chi connectivity index (χ2n) is 5.73. The average molecular weight is 361 g/mol. The topological polar surface area (TPSA) is 59.2 Å². The largest absolute Gasteiger partial charge is 0.451 e. The monoisotopic (exact) mass is 361 g/mol. The fourth-order valence-electron chi connectivity index (χ4n) is 2.57. The Hall–Kier alpha value is -3.09. The van der Waals surface area contributed by atoms with Crippen LogP contribution in [0.25, 0.3) is 10.9 Å². The van der Waals surface area contributed by atoms with Crippen molar-refractivity contribution in [1.82, 2.24) is 4.98 Å². The first-order chi connectivity index (χ1) is 12.3. The highest BCUT2D eigenvalue weighted by Crippen LogP contribution is 2.29. The maximum Gasteiger partial charge on any atom is 0.416 e. The van der Waals surface area contributed by atoms with Gasteiger partial charge >= 0.3 is 12.1 Å². The molecule has 0 amide bonds. The lowest BCUT2D eigenvalue weighted by atomic mass is 10.1. The average Bonchev–Trinajstić information content (AvgIpc) is 3.04. The lowest BCUT2D eigenvalue weighted by molar-refractivity contribution is -0.137. The Morgan fingerprint density at radius 2 is 1.69 bits per heavy atom. The van der Waals surface area contributed by atoms with Crippen LogP contribution in [0.2, 0.25) is 0 Å². The van der Waals surface area contributed by atoms with Crippen molar-refractivity contribution in [2.75, 3.05) is 0 Å². The molecule has 0 spiro atoms. The van der Waals surface area contributed by atoms with E-state index in [-0.39, 0.29) is 5.56 Å². The number of hydrogen-bond donors (Lipinski definition) is 1. The van der Waals surface area contributed by atoms with Gasteiger partial charge in [-0.3, -0.25) is 4.79 Å². The van der Waals surface area contributed by atoms with E-state index in [0.29, 0.717) is 10.9 Å². The van der Waals surface area contributed by atoms with E-state index in [1.807, 2.05) is 12.1 Å². The predicted octanol–water partition coefficient (Wildman–Crippen LogP) is 4.61. The van der Waals surface area contributed by atoms with Crippen molar-refractivity contribution < 1.29 is 27.5 Å². The molecule has 7 heteroatoms. The fraction of sp³-hybridized carbons (Fsp3) is 0.158. The van der Waals surface area contributed by atoms with Gasteiger partial charge in [0.25, 0.3) is 0 Å². The molecule has 134 valence electrons. The third-order valence-electron chi connectivity index (χ3n) is 3.96. The van der Waals surface area contributed by atoms with E-state index < -0.39 is 29.6 Å². The van der Waals surface area contributed by atoms with Crippen LogP contribution in [-0.4, -0.2) is 22.8 Å². The molecule has 2 aromatic carbocycles. The molecule has 0 unspecified atom stereocenters. The van der Waals surface area contributed by atoms with Gasteiger partial charge < -0.3 is 9.72 Å². The summed E-state index contributed by atoms with van der Waals surface area (Å²) in [6.45, 7) is 1.42. The fourth-order valence-corrected chi connectivity index (χ4v) is 2.57. The number of rotatable bonds is 4. The van der Waals surface area contributed by atoms with Crippen LogP contribution < -0.4 is 0 Å². The summed E-state index contributed by atoms with van der Waals surface area (Å²) in [6.07, 6.45) is -4.03. The van der Waals surface area contributed by atoms with Crippen molar-refractivity contribution in [1.29, 1.82) is 0 Å². The van der Waals surface area contributed by atoms with Crippen molar-refractivity contribution >= 4 is 22.7 Å². The molecule has 1 aromatic heterocycles. The lowest BCUT2D eigenvalue weighted by Gasteiger charge is -2.12. The van der Waals surface area contributed by atoms with Crippen LogP contribution in [0.3, 0.4) is 0 Å². The molecule has 0 bridgehead atoms. The first kappa shape index (κ1) is 17.7. The third-order valence-corrected chi connectivity index (χ3v) is 3.96. The van der Waals surface area contributed by atoms with E-state index >= 15 is 0 Å². The molecule has 0 saturated carbocycles. The van der Waals surface area contributed by atoms with Crippen LogP contribution in [0.4, 0.5) is 13.2 Å². The highest BCUT2D eigenvalue weighted by molar-refractivity contribution is 6.10. The number of aromatic amines is 1. The minimum atomic E-state index is -4.49. The Morgan fingerprint density at radius 1 is 1.04 bits per heavy atom. The zero-order valence-corrected chi connectivity index (χ0v) is 13.6. The molecule has 3 rings (SSSR count). The Labute approximate surface area is 146 Å². The van der Waals surface area contributed by atoms with Gasteiger partial charge in [-0.2, -0.15) is 13.2 Å². The molecule has 1 atom stereocenters. The number of H-pyrrole nitrogens is 1. The molecule has 0 aliphatic rings. The van der Waals surface area contributed by atoms with Crippen LogP contribution in [0.15, 0.2) is 54.7 Å². The quantitative estimate of drug-likeness (QED) is 0.545. The summed E-state index contributed by atoms with van der Waals surface area (Å²) < 4.78 is 42.8. The van der Waals surface area contributed by atoms with Crippen LogP contribution in [0, 0.1) is 0 Å². The first-order valence-corrected chi connectivity index (χ1v) is 7.76. The summed E-state index contributed by atoms with van der Waals surface area (Å²) in [5.74, 6) is -1.26. The molecule has 4 nitrogen and oxygen atoms in total. The summed E-state index contributed by atoms with van der Waals surface area (Å²) in [4.78, 5) is 27.6. The second-order valence-corrected chi connectivity index (χ2v) is 5.73. The third kappa shape index (κ3) is 3.46. The van der Waals surface area contributed by atoms with E-state index in [1.54, 1.807) is 12.1 Å². The van der Waals surface area contributed by atoms with Crippen molar-refractivity contribution in [3.8, 4) is 0 Å². The number of alkyl halides is 3. The van der Waals surface area contributed by atoms with Crippen molar-refractivity contribution in [3.05, 3.63) is 71.4 Å². The van der Waals surface area contributed by atoms with E-state index in [1.165, 1.54) is 13.1 Å². The molecule has 1 N–H and O–H groups in total. The molecule has 0 fully saturated rings. The minimum absolute atomic E-state index is 0.0587. The number of nitrogens with one attached hydrogen (secondary N) is 1. The number of ketones is 1. The van der Waals surface area contributed by atoms with Crippen LogP contribution in [-0.2, 0) is 10.9 Å². The van der Waals surface area contributed by atoms with Gasteiger partial charge in [0.15, 0.2) is 6.10 Å². The molecular weight excluding hydrogens is 347 g/mol. The molecule has 3 aromatic rings. The van der Waals surface area contributed by atoms with E-state index in [9.17, 15) is 22.8 Å². The molecular formula is C19H14F3NO3. The SMILES string of the molecule is C[C@@H](OC(=O)c1ccc(C(F)(F)F)cc1)C(=O)c1c[nH]c2ccccc12. The number of ether oxygens (including phenoxy) is 1. The zero-order chi connectivity index (χ0) is 18.9. The standard InChI is InChI=1S/C19H14F3NO3/c1-11(17(24)15-10-23-16-5-3-2-4-14(15)16)26-18(25)12-6-8-13(9-7-12)19(20,21)22/h2-11,23H,1H3/t11-/m1/s1. The van der Waals surface area contributed by atoms with Crippen LogP contribution >= 0.6 is 0 Å². The van der Waals surface area contributed by atoms with E-state index in [2.05, 4.69) is 4.98 Å². The number of Topliss-reactive ketones (excluding diaryl/α,β-unsaturated/α-hetero) is 1. The molecule has 1 heterocycles. The number of hydrogen-bond acceptors (Lipinski definition) is 3. The van der Waals surface area contributed by atoms with E-state index in [4.69, 9.17) is 4.74 Å². The summed E-state index contributed by atoms with van der Waals surface area (Å²) in [5, 5.41) is 0.704. The smallest absolute Gasteiger partial charge is 0.416 e. The molecule has 26 heavy (non-hydrogen) atoms. The number of carbonyl (C=O) groups excluding carboxylic acids is 2. The number of halogens is 3. The summed E-state index contributed by atoms with van der Waals surface area (Å²) in [7, 11) is 0. The highest BCUT2D eigenvalue weighted by Gasteiger charge is 2.30. The maximum absolute atomic E-state index is 12.6. The van der Waals surface area contributed by atoms with Gasteiger partial charge in [0.1, 0.15) is 0 Å². The van der Waals surface area contributed by atoms with Gasteiger partial charge in [0.2, 0.25) is 5.78 Å². The lowest BCUT2D eigenvalue weighted by Crippen LogP contribution is -2.24. The second kappa shape index (κ2) is 6.67. The Kier molecular flexibility index (Phi) is 4.54. The number of aromatic nitrogens is 1. The van der Waals surface area contributed by atoms with Gasteiger partial charge in [-0.25, -0.2) is 4.79 Å². The normalized spacial score (nSPS) is 12.8. The van der Waals surface area contributed by atoms with Gasteiger partial charge in [-0.15, -0.1) is 0 Å². The number of carbonyl (C=O) groups is 2. The van der Waals surface area contributed by atoms with Gasteiger partial charge in [-0.1, -0.05) is 18.2 Å². The number of benzene rings is 2. The first-order valence-electron chi connectivity index (χ1n) is 7.76. The van der Waals surface area contributed by atoms with Crippen molar-refractivity contribution in [3.63, 3.8) is 0 Å². The Bertz CT molecular complexity index is 958.